The van der Waals surface area contributed by atoms with Crippen LogP contribution >= 0.6 is 11.8 Å². The van der Waals surface area contributed by atoms with E-state index in [9.17, 15) is 9.59 Å². The first-order valence-corrected chi connectivity index (χ1v) is 10.3. The van der Waals surface area contributed by atoms with Crippen LogP contribution in [-0.4, -0.2) is 28.0 Å². The van der Waals surface area contributed by atoms with Crippen molar-refractivity contribution in [1.82, 2.24) is 5.16 Å². The number of carbonyl (C=O) groups excluding carboxylic acids is 2. The molecule has 0 spiro atoms. The number of anilines is 2. The SMILES string of the molecule is Cc1cc(NC(=O)C(C)SCC(=O)Nc2ccc3c4c(cccc24)CC3)no1. The molecule has 3 aromatic rings. The van der Waals surface area contributed by atoms with Gasteiger partial charge in [-0.2, -0.15) is 0 Å². The molecule has 7 heteroatoms. The summed E-state index contributed by atoms with van der Waals surface area (Å²) in [5.74, 6) is 0.861. The molecule has 0 saturated heterocycles. The largest absolute Gasteiger partial charge is 0.360 e. The van der Waals surface area contributed by atoms with E-state index >= 15 is 0 Å². The fourth-order valence-corrected chi connectivity index (χ4v) is 4.16. The van der Waals surface area contributed by atoms with E-state index in [1.54, 1.807) is 19.9 Å². The van der Waals surface area contributed by atoms with E-state index in [-0.39, 0.29) is 17.6 Å². The molecule has 1 aliphatic carbocycles. The molecule has 0 saturated carbocycles. The topological polar surface area (TPSA) is 84.2 Å². The summed E-state index contributed by atoms with van der Waals surface area (Å²) in [6, 6.07) is 12.0. The third-order valence-electron chi connectivity index (χ3n) is 4.86. The van der Waals surface area contributed by atoms with E-state index in [1.807, 2.05) is 18.2 Å². The van der Waals surface area contributed by atoms with E-state index in [4.69, 9.17) is 4.52 Å². The summed E-state index contributed by atoms with van der Waals surface area (Å²) in [7, 11) is 0. The molecule has 2 amide bonds. The van der Waals surface area contributed by atoms with Crippen LogP contribution in [0.25, 0.3) is 10.8 Å². The third-order valence-corrected chi connectivity index (χ3v) is 6.01. The molecule has 6 nitrogen and oxygen atoms in total. The zero-order valence-electron chi connectivity index (χ0n) is 15.7. The zero-order chi connectivity index (χ0) is 19.7. The maximum Gasteiger partial charge on any atom is 0.238 e. The average Bonchev–Trinajstić information content (AvgIpc) is 3.29. The first kappa shape index (κ1) is 18.6. The Hall–Kier alpha value is -2.80. The lowest BCUT2D eigenvalue weighted by Gasteiger charge is -2.12. The van der Waals surface area contributed by atoms with Crippen molar-refractivity contribution in [1.29, 1.82) is 0 Å². The Morgan fingerprint density at radius 1 is 1.18 bits per heavy atom. The van der Waals surface area contributed by atoms with E-state index in [0.717, 1.165) is 23.9 Å². The van der Waals surface area contributed by atoms with Gasteiger partial charge in [-0.05, 0) is 49.3 Å². The van der Waals surface area contributed by atoms with Gasteiger partial charge < -0.3 is 15.2 Å². The summed E-state index contributed by atoms with van der Waals surface area (Å²) in [4.78, 5) is 24.6. The number of nitrogens with one attached hydrogen (secondary N) is 2. The molecule has 2 aromatic carbocycles. The van der Waals surface area contributed by atoms with Gasteiger partial charge in [-0.25, -0.2) is 0 Å². The van der Waals surface area contributed by atoms with Gasteiger partial charge in [-0.3, -0.25) is 9.59 Å². The van der Waals surface area contributed by atoms with Gasteiger partial charge in [0.1, 0.15) is 5.76 Å². The van der Waals surface area contributed by atoms with E-state index in [2.05, 4.69) is 27.9 Å². The molecule has 0 radical (unpaired) electrons. The van der Waals surface area contributed by atoms with Gasteiger partial charge in [0.15, 0.2) is 5.82 Å². The number of rotatable bonds is 6. The molecule has 1 heterocycles. The number of thioether (sulfide) groups is 1. The molecule has 0 fully saturated rings. The minimum Gasteiger partial charge on any atom is -0.360 e. The predicted molar refractivity (Wildman–Crippen MR) is 112 cm³/mol. The lowest BCUT2D eigenvalue weighted by molar-refractivity contribution is -0.115. The second-order valence-corrected chi connectivity index (χ2v) is 8.25. The molecule has 2 N–H and O–H groups in total. The van der Waals surface area contributed by atoms with Crippen molar-refractivity contribution in [3.63, 3.8) is 0 Å². The Bertz CT molecular complexity index is 1050. The van der Waals surface area contributed by atoms with Gasteiger partial charge >= 0.3 is 0 Å². The smallest absolute Gasteiger partial charge is 0.238 e. The van der Waals surface area contributed by atoms with Crippen LogP contribution in [0, 0.1) is 6.92 Å². The van der Waals surface area contributed by atoms with Crippen molar-refractivity contribution < 1.29 is 14.1 Å². The molecular formula is C21H21N3O3S. The maximum atomic E-state index is 12.4. The summed E-state index contributed by atoms with van der Waals surface area (Å²) < 4.78 is 4.93. The number of nitrogens with zero attached hydrogens (tertiary/aromatic N) is 1. The van der Waals surface area contributed by atoms with Crippen LogP contribution in [0.15, 0.2) is 40.9 Å². The van der Waals surface area contributed by atoms with Crippen molar-refractivity contribution in [3.05, 3.63) is 53.3 Å². The van der Waals surface area contributed by atoms with Crippen LogP contribution in [0.1, 0.15) is 23.8 Å². The summed E-state index contributed by atoms with van der Waals surface area (Å²) in [6.45, 7) is 3.52. The summed E-state index contributed by atoms with van der Waals surface area (Å²) in [5, 5.41) is 11.4. The minimum absolute atomic E-state index is 0.124. The van der Waals surface area contributed by atoms with Crippen LogP contribution in [0.5, 0.6) is 0 Å². The van der Waals surface area contributed by atoms with Crippen LogP contribution in [0.4, 0.5) is 11.5 Å². The highest BCUT2D eigenvalue weighted by molar-refractivity contribution is 8.01. The van der Waals surface area contributed by atoms with E-state index < -0.39 is 5.25 Å². The molecule has 1 aliphatic rings. The number of hydrogen-bond donors (Lipinski definition) is 2. The fraction of sp³-hybridized carbons (Fsp3) is 0.286. The molecular weight excluding hydrogens is 374 g/mol. The fourth-order valence-electron chi connectivity index (χ4n) is 3.47. The van der Waals surface area contributed by atoms with Gasteiger partial charge in [-0.15, -0.1) is 11.8 Å². The van der Waals surface area contributed by atoms with Crippen LogP contribution in [-0.2, 0) is 22.4 Å². The summed E-state index contributed by atoms with van der Waals surface area (Å²) >= 11 is 1.28. The first-order chi connectivity index (χ1) is 13.5. The Balaban J connectivity index is 1.36. The third kappa shape index (κ3) is 3.75. The molecule has 4 rings (SSSR count). The molecule has 28 heavy (non-hydrogen) atoms. The normalized spacial score (nSPS) is 13.5. The minimum atomic E-state index is -0.393. The van der Waals surface area contributed by atoms with Crippen molar-refractivity contribution >= 4 is 45.9 Å². The van der Waals surface area contributed by atoms with Crippen molar-refractivity contribution in [2.75, 3.05) is 16.4 Å². The average molecular weight is 395 g/mol. The number of carbonyl (C=O) groups is 2. The first-order valence-electron chi connectivity index (χ1n) is 9.20. The number of benzene rings is 2. The van der Waals surface area contributed by atoms with Gasteiger partial charge in [-0.1, -0.05) is 29.4 Å². The molecule has 0 aliphatic heterocycles. The number of amides is 2. The highest BCUT2D eigenvalue weighted by Gasteiger charge is 2.19. The summed E-state index contributed by atoms with van der Waals surface area (Å²) in [5.41, 5.74) is 3.50. The van der Waals surface area contributed by atoms with Crippen LogP contribution in [0.2, 0.25) is 0 Å². The monoisotopic (exact) mass is 395 g/mol. The zero-order valence-corrected chi connectivity index (χ0v) is 16.6. The molecule has 0 bridgehead atoms. The Kier molecular flexibility index (Phi) is 5.09. The van der Waals surface area contributed by atoms with Crippen molar-refractivity contribution in [3.8, 4) is 0 Å². The Labute approximate surface area is 167 Å². The van der Waals surface area contributed by atoms with Gasteiger partial charge in [0.05, 0.1) is 11.0 Å². The van der Waals surface area contributed by atoms with Crippen molar-refractivity contribution in [2.24, 2.45) is 0 Å². The molecule has 1 aromatic heterocycles. The second kappa shape index (κ2) is 7.67. The number of aryl methyl sites for hydroxylation is 3. The standard InChI is InChI=1S/C21H21N3O3S/c1-12-10-18(24-27-12)23-21(26)13(2)28-11-19(25)22-17-9-8-15-7-6-14-4-3-5-16(17)20(14)15/h3-5,8-10,13H,6-7,11H2,1-2H3,(H,22,25)(H,23,24,26). The van der Waals surface area contributed by atoms with Gasteiger partial charge in [0, 0.05) is 17.1 Å². The Morgan fingerprint density at radius 2 is 1.96 bits per heavy atom. The van der Waals surface area contributed by atoms with E-state index in [0.29, 0.717) is 11.6 Å². The van der Waals surface area contributed by atoms with Crippen molar-refractivity contribution in [2.45, 2.75) is 31.9 Å². The highest BCUT2D eigenvalue weighted by atomic mass is 32.2. The molecule has 1 unspecified atom stereocenters. The van der Waals surface area contributed by atoms with Crippen LogP contribution in [0.3, 0.4) is 0 Å². The highest BCUT2D eigenvalue weighted by Crippen LogP contribution is 2.35. The molecule has 144 valence electrons. The number of aromatic nitrogens is 1. The number of hydrogen-bond acceptors (Lipinski definition) is 5. The molecule has 1 atom stereocenters. The lowest BCUT2D eigenvalue weighted by Crippen LogP contribution is -2.25. The maximum absolute atomic E-state index is 12.4. The summed E-state index contributed by atoms with van der Waals surface area (Å²) in [6.07, 6.45) is 2.11. The van der Waals surface area contributed by atoms with Gasteiger partial charge in [0.2, 0.25) is 11.8 Å². The van der Waals surface area contributed by atoms with Crippen LogP contribution < -0.4 is 10.6 Å². The Morgan fingerprint density at radius 3 is 2.71 bits per heavy atom. The lowest BCUT2D eigenvalue weighted by atomic mass is 10.0. The quantitative estimate of drug-likeness (QED) is 0.661. The van der Waals surface area contributed by atoms with E-state index in [1.165, 1.54) is 28.3 Å². The predicted octanol–water partition coefficient (Wildman–Crippen LogP) is 3.93. The second-order valence-electron chi connectivity index (χ2n) is 6.93. The van der Waals surface area contributed by atoms with Gasteiger partial charge in [0.25, 0.3) is 0 Å².